The van der Waals surface area contributed by atoms with Crippen LogP contribution in [0.4, 0.5) is 0 Å². The molecule has 0 unspecified atom stereocenters. The molecule has 3 N–H and O–H groups in total. The summed E-state index contributed by atoms with van der Waals surface area (Å²) in [5.41, 5.74) is 0.559. The van der Waals surface area contributed by atoms with Crippen molar-refractivity contribution >= 4 is 5.91 Å². The molecule has 1 amide bonds. The van der Waals surface area contributed by atoms with E-state index >= 15 is 0 Å². The summed E-state index contributed by atoms with van der Waals surface area (Å²) < 4.78 is 0. The van der Waals surface area contributed by atoms with Crippen LogP contribution in [0, 0.1) is 0 Å². The number of nitrogens with one attached hydrogen (secondary N) is 3. The van der Waals surface area contributed by atoms with Crippen LogP contribution in [0.1, 0.15) is 6.92 Å². The predicted octanol–water partition coefficient (Wildman–Crippen LogP) is -0.760. The van der Waals surface area contributed by atoms with Gasteiger partial charge < -0.3 is 16.0 Å². The van der Waals surface area contributed by atoms with Gasteiger partial charge >= 0.3 is 0 Å². The monoisotopic (exact) mass is 183 g/mol. The topological polar surface area (TPSA) is 53.2 Å². The highest BCUT2D eigenvalue weighted by Crippen LogP contribution is 1.90. The van der Waals surface area contributed by atoms with Crippen LogP contribution in [0.3, 0.4) is 0 Å². The maximum absolute atomic E-state index is 11.3. The van der Waals surface area contributed by atoms with Gasteiger partial charge in [-0.3, -0.25) is 4.79 Å². The Morgan fingerprint density at radius 1 is 1.38 bits per heavy atom. The molecule has 1 aliphatic rings. The van der Waals surface area contributed by atoms with Crippen LogP contribution in [0.25, 0.3) is 0 Å². The molecule has 0 radical (unpaired) electrons. The molecule has 0 bridgehead atoms. The molecule has 0 aliphatic carbocycles. The Hall–Kier alpha value is -0.870. The zero-order chi connectivity index (χ0) is 9.68. The second-order valence-electron chi connectivity index (χ2n) is 3.36. The van der Waals surface area contributed by atoms with Crippen molar-refractivity contribution in [1.29, 1.82) is 0 Å². The molecule has 0 saturated carbocycles. The third-order valence-electron chi connectivity index (χ3n) is 1.98. The average Bonchev–Trinajstić information content (AvgIpc) is 2.32. The number of amides is 1. The maximum atomic E-state index is 11.3. The van der Waals surface area contributed by atoms with Crippen LogP contribution in [0.5, 0.6) is 0 Å². The van der Waals surface area contributed by atoms with Crippen molar-refractivity contribution in [3.8, 4) is 0 Å². The summed E-state index contributed by atoms with van der Waals surface area (Å²) in [4.78, 5) is 11.3. The molecule has 0 aromatic rings. The van der Waals surface area contributed by atoms with Gasteiger partial charge in [0.15, 0.2) is 0 Å². The zero-order valence-electron chi connectivity index (χ0n) is 8.02. The molecular weight excluding hydrogens is 166 g/mol. The highest BCUT2D eigenvalue weighted by atomic mass is 16.1. The van der Waals surface area contributed by atoms with Gasteiger partial charge in [-0.25, -0.2) is 0 Å². The molecule has 4 nitrogen and oxygen atoms in total. The normalized spacial score (nSPS) is 19.2. The Morgan fingerprint density at radius 3 is 2.38 bits per heavy atom. The first-order chi connectivity index (χ1) is 6.20. The van der Waals surface area contributed by atoms with Crippen molar-refractivity contribution in [3.05, 3.63) is 12.2 Å². The first-order valence-electron chi connectivity index (χ1n) is 4.58. The van der Waals surface area contributed by atoms with E-state index < -0.39 is 0 Å². The summed E-state index contributed by atoms with van der Waals surface area (Å²) >= 11 is 0. The van der Waals surface area contributed by atoms with Gasteiger partial charge in [-0.15, -0.1) is 0 Å². The maximum Gasteiger partial charge on any atom is 0.246 e. The molecule has 74 valence electrons. The summed E-state index contributed by atoms with van der Waals surface area (Å²) in [5, 5.41) is 9.36. The first-order valence-corrected chi connectivity index (χ1v) is 4.58. The highest BCUT2D eigenvalue weighted by molar-refractivity contribution is 5.92. The minimum Gasteiger partial charge on any atom is -0.347 e. The third-order valence-corrected chi connectivity index (χ3v) is 1.98. The van der Waals surface area contributed by atoms with Crippen molar-refractivity contribution in [2.75, 3.05) is 26.2 Å². The lowest BCUT2D eigenvalue weighted by Gasteiger charge is -2.16. The van der Waals surface area contributed by atoms with E-state index in [9.17, 15) is 4.79 Å². The van der Waals surface area contributed by atoms with E-state index in [0.29, 0.717) is 5.57 Å². The molecule has 1 heterocycles. The Kier molecular flexibility index (Phi) is 3.92. The summed E-state index contributed by atoms with van der Waals surface area (Å²) in [5.74, 6) is -0.0597. The Balaban J connectivity index is 2.33. The van der Waals surface area contributed by atoms with Crippen LogP contribution in [-0.2, 0) is 4.79 Å². The van der Waals surface area contributed by atoms with Crippen LogP contribution < -0.4 is 16.0 Å². The van der Waals surface area contributed by atoms with Crippen molar-refractivity contribution in [2.24, 2.45) is 0 Å². The number of rotatable bonds is 2. The van der Waals surface area contributed by atoms with E-state index in [4.69, 9.17) is 0 Å². The zero-order valence-corrected chi connectivity index (χ0v) is 8.02. The standard InChI is InChI=1S/C9H17N3O/c1-7(2)9(13)12-8-5-10-3-4-11-6-8/h8,10-11H,1,3-6H2,2H3,(H,12,13). The quantitative estimate of drug-likeness (QED) is 0.493. The summed E-state index contributed by atoms with van der Waals surface area (Å²) in [6, 6.07) is 0.173. The molecular formula is C9H17N3O. The van der Waals surface area contributed by atoms with Gasteiger partial charge in [-0.2, -0.15) is 0 Å². The lowest BCUT2D eigenvalue weighted by atomic mass is 10.2. The van der Waals surface area contributed by atoms with E-state index in [0.717, 1.165) is 26.2 Å². The fourth-order valence-electron chi connectivity index (χ4n) is 1.21. The first kappa shape index (κ1) is 10.2. The molecule has 0 spiro atoms. The number of carbonyl (C=O) groups is 1. The molecule has 1 saturated heterocycles. The molecule has 1 aliphatic heterocycles. The van der Waals surface area contributed by atoms with E-state index in [-0.39, 0.29) is 11.9 Å². The fraction of sp³-hybridized carbons (Fsp3) is 0.667. The van der Waals surface area contributed by atoms with E-state index in [2.05, 4.69) is 22.5 Å². The highest BCUT2D eigenvalue weighted by Gasteiger charge is 2.13. The minimum atomic E-state index is -0.0597. The van der Waals surface area contributed by atoms with Gasteiger partial charge in [-0.1, -0.05) is 6.58 Å². The van der Waals surface area contributed by atoms with Crippen LogP contribution in [0.15, 0.2) is 12.2 Å². The fourth-order valence-corrected chi connectivity index (χ4v) is 1.21. The summed E-state index contributed by atoms with van der Waals surface area (Å²) in [6.07, 6.45) is 0. The number of hydrogen-bond donors (Lipinski definition) is 3. The molecule has 1 fully saturated rings. The molecule has 4 heteroatoms. The van der Waals surface area contributed by atoms with Crippen molar-refractivity contribution in [1.82, 2.24) is 16.0 Å². The van der Waals surface area contributed by atoms with Crippen molar-refractivity contribution < 1.29 is 4.79 Å². The Bertz CT molecular complexity index is 195. The summed E-state index contributed by atoms with van der Waals surface area (Å²) in [7, 11) is 0. The Morgan fingerprint density at radius 2 is 1.92 bits per heavy atom. The van der Waals surface area contributed by atoms with E-state index in [1.807, 2.05) is 0 Å². The van der Waals surface area contributed by atoms with Crippen LogP contribution >= 0.6 is 0 Å². The van der Waals surface area contributed by atoms with Gasteiger partial charge in [0.05, 0.1) is 6.04 Å². The van der Waals surface area contributed by atoms with Gasteiger partial charge in [0, 0.05) is 31.8 Å². The van der Waals surface area contributed by atoms with Crippen molar-refractivity contribution in [2.45, 2.75) is 13.0 Å². The minimum absolute atomic E-state index is 0.0597. The SMILES string of the molecule is C=C(C)C(=O)NC1CNCCNC1. The number of carbonyl (C=O) groups excluding carboxylic acids is 1. The second-order valence-corrected chi connectivity index (χ2v) is 3.36. The van der Waals surface area contributed by atoms with E-state index in [1.165, 1.54) is 0 Å². The smallest absolute Gasteiger partial charge is 0.246 e. The summed E-state index contributed by atoms with van der Waals surface area (Å²) in [6.45, 7) is 8.87. The molecule has 0 aromatic carbocycles. The average molecular weight is 183 g/mol. The third kappa shape index (κ3) is 3.57. The molecule has 0 atom stereocenters. The van der Waals surface area contributed by atoms with E-state index in [1.54, 1.807) is 6.92 Å². The van der Waals surface area contributed by atoms with Gasteiger partial charge in [0.2, 0.25) is 5.91 Å². The lowest BCUT2D eigenvalue weighted by molar-refractivity contribution is -0.118. The molecule has 13 heavy (non-hydrogen) atoms. The van der Waals surface area contributed by atoms with Gasteiger partial charge in [0.1, 0.15) is 0 Å². The largest absolute Gasteiger partial charge is 0.347 e. The predicted molar refractivity (Wildman–Crippen MR) is 52.5 cm³/mol. The molecule has 1 rings (SSSR count). The van der Waals surface area contributed by atoms with Crippen molar-refractivity contribution in [3.63, 3.8) is 0 Å². The lowest BCUT2D eigenvalue weighted by Crippen LogP contribution is -2.45. The number of hydrogen-bond acceptors (Lipinski definition) is 3. The second kappa shape index (κ2) is 4.99. The Labute approximate surface area is 78.8 Å². The van der Waals surface area contributed by atoms with Gasteiger partial charge in [-0.05, 0) is 6.92 Å². The van der Waals surface area contributed by atoms with Crippen LogP contribution in [-0.4, -0.2) is 38.1 Å². The van der Waals surface area contributed by atoms with Crippen LogP contribution in [0.2, 0.25) is 0 Å². The molecule has 0 aromatic heterocycles. The van der Waals surface area contributed by atoms with Gasteiger partial charge in [0.25, 0.3) is 0 Å².